The Morgan fingerprint density at radius 2 is 2.19 bits per heavy atom. The molecule has 136 valence electrons. The highest BCUT2D eigenvalue weighted by Crippen LogP contribution is 2.58. The predicted molar refractivity (Wildman–Crippen MR) is 94.7 cm³/mol. The first-order valence-electron chi connectivity index (χ1n) is 8.61. The first-order valence-corrected chi connectivity index (χ1v) is 8.61. The minimum Gasteiger partial charge on any atom is -0.461 e. The summed E-state index contributed by atoms with van der Waals surface area (Å²) in [5.74, 6) is 1.05. The monoisotopic (exact) mass is 357 g/mol. The first-order chi connectivity index (χ1) is 12.5. The van der Waals surface area contributed by atoms with E-state index in [9.17, 15) is 9.18 Å². The molecule has 2 aliphatic rings. The number of amides is 1. The Labute approximate surface area is 150 Å². The van der Waals surface area contributed by atoms with Crippen molar-refractivity contribution < 1.29 is 13.9 Å². The predicted octanol–water partition coefficient (Wildman–Crippen LogP) is 2.67. The zero-order valence-corrected chi connectivity index (χ0v) is 14.8. The number of fused-ring (bicyclic) bond motifs is 2. The molecule has 3 heterocycles. The molecule has 1 saturated carbocycles. The van der Waals surface area contributed by atoms with Crippen molar-refractivity contribution in [2.75, 3.05) is 30.0 Å². The average Bonchev–Trinajstić information content (AvgIpc) is 3.30. The van der Waals surface area contributed by atoms with E-state index < -0.39 is 6.67 Å². The largest absolute Gasteiger partial charge is 0.461 e. The Kier molecular flexibility index (Phi) is 3.97. The van der Waals surface area contributed by atoms with E-state index in [-0.39, 0.29) is 23.9 Å². The summed E-state index contributed by atoms with van der Waals surface area (Å²) in [6.45, 7) is 3.45. The van der Waals surface area contributed by atoms with Crippen LogP contribution in [0, 0.1) is 6.92 Å². The van der Waals surface area contributed by atoms with Crippen LogP contribution in [0.4, 0.5) is 21.7 Å². The third kappa shape index (κ3) is 2.95. The van der Waals surface area contributed by atoms with Crippen LogP contribution >= 0.6 is 0 Å². The molecule has 26 heavy (non-hydrogen) atoms. The van der Waals surface area contributed by atoms with Crippen molar-refractivity contribution in [2.45, 2.75) is 32.1 Å². The van der Waals surface area contributed by atoms with Gasteiger partial charge in [-0.05, 0) is 19.8 Å². The first kappa shape index (κ1) is 16.7. The minimum atomic E-state index is -0.589. The van der Waals surface area contributed by atoms with Gasteiger partial charge in [-0.15, -0.1) is 0 Å². The van der Waals surface area contributed by atoms with Gasteiger partial charge in [0.25, 0.3) is 0 Å². The van der Waals surface area contributed by atoms with Gasteiger partial charge in [0.05, 0.1) is 5.69 Å². The molecule has 1 aliphatic heterocycles. The van der Waals surface area contributed by atoms with Crippen molar-refractivity contribution in [3.63, 3.8) is 0 Å². The minimum absolute atomic E-state index is 0.0694. The fraction of sp³-hybridized carbons (Fsp3) is 0.444. The van der Waals surface area contributed by atoms with Crippen LogP contribution in [0.15, 0.2) is 18.3 Å². The maximum Gasteiger partial charge on any atom is 0.318 e. The van der Waals surface area contributed by atoms with Gasteiger partial charge < -0.3 is 15.0 Å². The lowest BCUT2D eigenvalue weighted by atomic mass is 10.0. The Morgan fingerprint density at radius 1 is 1.38 bits per heavy atom. The summed E-state index contributed by atoms with van der Waals surface area (Å²) < 4.78 is 17.7. The highest BCUT2D eigenvalue weighted by molar-refractivity contribution is 5.89. The molecular weight excluding hydrogens is 337 g/mol. The summed E-state index contributed by atoms with van der Waals surface area (Å²) in [7, 11) is 0. The van der Waals surface area contributed by atoms with E-state index in [4.69, 9.17) is 4.74 Å². The van der Waals surface area contributed by atoms with E-state index in [1.165, 1.54) is 12.5 Å². The van der Waals surface area contributed by atoms with Crippen molar-refractivity contribution >= 4 is 23.2 Å². The molecule has 1 spiro atoms. The molecule has 1 amide bonds. The highest BCUT2D eigenvalue weighted by atomic mass is 19.1. The molecule has 8 heteroatoms. The number of hydrogen-bond donors (Lipinski definition) is 1. The van der Waals surface area contributed by atoms with Gasteiger partial charge in [-0.2, -0.15) is 4.98 Å². The number of hydrogen-bond acceptors (Lipinski definition) is 6. The number of alkyl halides is 1. The fourth-order valence-electron chi connectivity index (χ4n) is 3.44. The summed E-state index contributed by atoms with van der Waals surface area (Å²) in [6, 6.07) is 3.93. The molecule has 4 rings (SSSR count). The summed E-state index contributed by atoms with van der Waals surface area (Å²) >= 11 is 0. The Balaban J connectivity index is 1.73. The topological polar surface area (TPSA) is 80.2 Å². The SMILES string of the molecule is CC(=O)Nc1cc2c(cn1)C1(CC1)CN2c1cc(C)nc(OCCF)n1. The highest BCUT2D eigenvalue weighted by Gasteiger charge is 2.52. The van der Waals surface area contributed by atoms with Crippen LogP contribution in [-0.2, 0) is 10.2 Å². The van der Waals surface area contributed by atoms with Gasteiger partial charge in [-0.3, -0.25) is 4.79 Å². The van der Waals surface area contributed by atoms with E-state index in [0.29, 0.717) is 11.6 Å². The van der Waals surface area contributed by atoms with Crippen LogP contribution in [0.2, 0.25) is 0 Å². The number of pyridine rings is 1. The molecule has 0 bridgehead atoms. The van der Waals surface area contributed by atoms with Crippen LogP contribution in [0.1, 0.15) is 31.0 Å². The van der Waals surface area contributed by atoms with E-state index >= 15 is 0 Å². The number of rotatable bonds is 5. The second-order valence-electron chi connectivity index (χ2n) is 6.82. The summed E-state index contributed by atoms with van der Waals surface area (Å²) in [4.78, 5) is 26.5. The molecule has 0 atom stereocenters. The maximum atomic E-state index is 12.4. The lowest BCUT2D eigenvalue weighted by Crippen LogP contribution is -2.21. The van der Waals surface area contributed by atoms with Crippen molar-refractivity contribution in [3.8, 4) is 6.01 Å². The molecule has 2 aromatic heterocycles. The number of aryl methyl sites for hydroxylation is 1. The van der Waals surface area contributed by atoms with Gasteiger partial charge in [-0.25, -0.2) is 14.4 Å². The quantitative estimate of drug-likeness (QED) is 0.886. The average molecular weight is 357 g/mol. The third-order valence-corrected chi connectivity index (χ3v) is 4.77. The van der Waals surface area contributed by atoms with E-state index in [2.05, 4.69) is 25.2 Å². The molecule has 1 N–H and O–H groups in total. The Hall–Kier alpha value is -2.77. The van der Waals surface area contributed by atoms with Gasteiger partial charge in [0.2, 0.25) is 5.91 Å². The number of carbonyl (C=O) groups excluding carboxylic acids is 1. The smallest absolute Gasteiger partial charge is 0.318 e. The fourth-order valence-corrected chi connectivity index (χ4v) is 3.44. The zero-order chi connectivity index (χ0) is 18.3. The number of nitrogens with zero attached hydrogens (tertiary/aromatic N) is 4. The van der Waals surface area contributed by atoms with Gasteiger partial charge >= 0.3 is 6.01 Å². The second-order valence-corrected chi connectivity index (χ2v) is 6.82. The van der Waals surface area contributed by atoms with Crippen molar-refractivity contribution in [1.29, 1.82) is 0 Å². The number of carbonyl (C=O) groups is 1. The maximum absolute atomic E-state index is 12.4. The van der Waals surface area contributed by atoms with E-state index in [1.807, 2.05) is 25.3 Å². The van der Waals surface area contributed by atoms with Crippen LogP contribution in [-0.4, -0.2) is 40.7 Å². The van der Waals surface area contributed by atoms with E-state index in [1.54, 1.807) is 0 Å². The third-order valence-electron chi connectivity index (χ3n) is 4.77. The van der Waals surface area contributed by atoms with Crippen LogP contribution in [0.25, 0.3) is 0 Å². The molecule has 2 aromatic rings. The lowest BCUT2D eigenvalue weighted by Gasteiger charge is -2.20. The number of anilines is 3. The van der Waals surface area contributed by atoms with Gasteiger partial charge in [-0.1, -0.05) is 0 Å². The number of ether oxygens (including phenoxy) is 1. The molecule has 0 saturated heterocycles. The lowest BCUT2D eigenvalue weighted by molar-refractivity contribution is -0.114. The Bertz CT molecular complexity index is 869. The van der Waals surface area contributed by atoms with Gasteiger partial charge in [0, 0.05) is 48.5 Å². The molecular formula is C18H20FN5O2. The molecule has 7 nitrogen and oxygen atoms in total. The summed E-state index contributed by atoms with van der Waals surface area (Å²) in [5, 5.41) is 2.73. The standard InChI is InChI=1S/C18H20FN5O2/c1-11-7-16(23-17(21-11)26-6-5-19)24-10-18(3-4-18)13-9-20-15(8-14(13)24)22-12(2)25/h7-9H,3-6,10H2,1-2H3,(H,20,22,25). The number of aromatic nitrogens is 3. The van der Waals surface area contributed by atoms with Crippen molar-refractivity contribution in [1.82, 2.24) is 15.0 Å². The van der Waals surface area contributed by atoms with Gasteiger partial charge in [0.1, 0.15) is 24.9 Å². The summed E-state index contributed by atoms with van der Waals surface area (Å²) in [6.07, 6.45) is 4.06. The molecule has 0 radical (unpaired) electrons. The van der Waals surface area contributed by atoms with E-state index in [0.717, 1.165) is 30.8 Å². The van der Waals surface area contributed by atoms with Crippen molar-refractivity contribution in [3.05, 3.63) is 29.6 Å². The molecule has 0 unspecified atom stereocenters. The van der Waals surface area contributed by atoms with Crippen LogP contribution in [0.3, 0.4) is 0 Å². The number of halogens is 1. The normalized spacial score (nSPS) is 16.5. The molecule has 1 aliphatic carbocycles. The second kappa shape index (κ2) is 6.19. The summed E-state index contributed by atoms with van der Waals surface area (Å²) in [5.41, 5.74) is 3.01. The zero-order valence-electron chi connectivity index (χ0n) is 14.8. The number of nitrogens with one attached hydrogen (secondary N) is 1. The Morgan fingerprint density at radius 3 is 2.88 bits per heavy atom. The molecule has 1 fully saturated rings. The van der Waals surface area contributed by atoms with Crippen molar-refractivity contribution in [2.24, 2.45) is 0 Å². The molecule has 0 aromatic carbocycles. The van der Waals surface area contributed by atoms with Crippen LogP contribution in [0.5, 0.6) is 6.01 Å². The van der Waals surface area contributed by atoms with Crippen LogP contribution < -0.4 is 15.0 Å². The van der Waals surface area contributed by atoms with Gasteiger partial charge in [0.15, 0.2) is 0 Å².